The molecule has 0 spiro atoms. The molecule has 0 amide bonds. The quantitative estimate of drug-likeness (QED) is 0.781. The van der Waals surface area contributed by atoms with Gasteiger partial charge in [-0.2, -0.15) is 0 Å². The van der Waals surface area contributed by atoms with E-state index in [1.807, 2.05) is 13.0 Å². The Morgan fingerprint density at radius 1 is 1.53 bits per heavy atom. The fourth-order valence-electron chi connectivity index (χ4n) is 1.17. The molecule has 0 aliphatic heterocycles. The van der Waals surface area contributed by atoms with E-state index in [0.29, 0.717) is 12.1 Å². The van der Waals surface area contributed by atoms with E-state index in [2.05, 4.69) is 5.32 Å². The van der Waals surface area contributed by atoms with Gasteiger partial charge in [-0.05, 0) is 19.1 Å². The second-order valence-electron chi connectivity index (χ2n) is 3.44. The molecule has 0 aromatic heterocycles. The maximum atomic E-state index is 13.3. The molecule has 1 unspecified atom stereocenters. The summed E-state index contributed by atoms with van der Waals surface area (Å²) in [6.45, 7) is 2.82. The molecule has 4 heteroatoms. The van der Waals surface area contributed by atoms with Crippen LogP contribution in [0.1, 0.15) is 12.5 Å². The van der Waals surface area contributed by atoms with Crippen molar-refractivity contribution in [2.75, 3.05) is 19.0 Å². The number of rotatable bonds is 5. The van der Waals surface area contributed by atoms with Crippen LogP contribution in [0.5, 0.6) is 0 Å². The fourth-order valence-corrected chi connectivity index (χ4v) is 1.17. The summed E-state index contributed by atoms with van der Waals surface area (Å²) in [6.07, 6.45) is 0.0993. The molecule has 3 nitrogen and oxygen atoms in total. The summed E-state index contributed by atoms with van der Waals surface area (Å²) in [5.74, 6) is -0.271. The van der Waals surface area contributed by atoms with Gasteiger partial charge in [0.15, 0.2) is 0 Å². The minimum atomic E-state index is -0.271. The first-order valence-electron chi connectivity index (χ1n) is 4.92. The molecular weight excluding hydrogens is 195 g/mol. The van der Waals surface area contributed by atoms with E-state index in [1.54, 1.807) is 13.2 Å². The maximum Gasteiger partial charge on any atom is 0.129 e. The van der Waals surface area contributed by atoms with Gasteiger partial charge in [0.2, 0.25) is 0 Å². The van der Waals surface area contributed by atoms with Crippen molar-refractivity contribution < 1.29 is 9.13 Å². The summed E-state index contributed by atoms with van der Waals surface area (Å²) in [4.78, 5) is 0. The van der Waals surface area contributed by atoms with Gasteiger partial charge in [-0.1, -0.05) is 6.07 Å². The standard InChI is InChI=1S/C11H17FN2O/c1-8(15-2)7-14-10-4-3-9(6-13)11(12)5-10/h3-5,8,14H,6-7,13H2,1-2H3. The number of anilines is 1. The van der Waals surface area contributed by atoms with Crippen LogP contribution < -0.4 is 11.1 Å². The molecule has 15 heavy (non-hydrogen) atoms. The summed E-state index contributed by atoms with van der Waals surface area (Å²) in [7, 11) is 1.64. The lowest BCUT2D eigenvalue weighted by Crippen LogP contribution is -2.18. The molecule has 1 aromatic rings. The Bertz CT molecular complexity index is 317. The first kappa shape index (κ1) is 11.9. The Morgan fingerprint density at radius 3 is 2.80 bits per heavy atom. The zero-order valence-corrected chi connectivity index (χ0v) is 9.09. The van der Waals surface area contributed by atoms with Gasteiger partial charge in [-0.3, -0.25) is 0 Å². The first-order valence-corrected chi connectivity index (χ1v) is 4.92. The van der Waals surface area contributed by atoms with Gasteiger partial charge >= 0.3 is 0 Å². The van der Waals surface area contributed by atoms with E-state index in [1.165, 1.54) is 6.07 Å². The SMILES string of the molecule is COC(C)CNc1ccc(CN)c(F)c1. The smallest absolute Gasteiger partial charge is 0.129 e. The minimum Gasteiger partial charge on any atom is -0.382 e. The molecule has 84 valence electrons. The van der Waals surface area contributed by atoms with Crippen LogP contribution in [0.25, 0.3) is 0 Å². The Kier molecular flexibility index (Phi) is 4.52. The lowest BCUT2D eigenvalue weighted by molar-refractivity contribution is 0.129. The molecule has 1 atom stereocenters. The number of methoxy groups -OCH3 is 1. The van der Waals surface area contributed by atoms with Crippen molar-refractivity contribution >= 4 is 5.69 Å². The molecule has 3 N–H and O–H groups in total. The highest BCUT2D eigenvalue weighted by Gasteiger charge is 2.03. The van der Waals surface area contributed by atoms with E-state index in [-0.39, 0.29) is 18.5 Å². The van der Waals surface area contributed by atoms with E-state index in [4.69, 9.17) is 10.5 Å². The summed E-state index contributed by atoms with van der Waals surface area (Å²) < 4.78 is 18.4. The van der Waals surface area contributed by atoms with Crippen molar-refractivity contribution in [1.29, 1.82) is 0 Å². The van der Waals surface area contributed by atoms with Crippen LogP contribution in [0, 0.1) is 5.82 Å². The number of hydrogen-bond acceptors (Lipinski definition) is 3. The molecular formula is C11H17FN2O. The van der Waals surface area contributed by atoms with Gasteiger partial charge in [0.25, 0.3) is 0 Å². The van der Waals surface area contributed by atoms with E-state index in [9.17, 15) is 4.39 Å². The number of benzene rings is 1. The Labute approximate surface area is 89.4 Å². The fraction of sp³-hybridized carbons (Fsp3) is 0.455. The first-order chi connectivity index (χ1) is 7.17. The van der Waals surface area contributed by atoms with Crippen LogP contribution in [-0.4, -0.2) is 19.8 Å². The van der Waals surface area contributed by atoms with E-state index < -0.39 is 0 Å². The van der Waals surface area contributed by atoms with Crippen molar-refractivity contribution in [2.45, 2.75) is 19.6 Å². The summed E-state index contributed by atoms with van der Waals surface area (Å²) in [5, 5.41) is 3.08. The van der Waals surface area contributed by atoms with Crippen molar-refractivity contribution in [3.63, 3.8) is 0 Å². The predicted molar refractivity (Wildman–Crippen MR) is 59.3 cm³/mol. The van der Waals surface area contributed by atoms with Gasteiger partial charge in [0.1, 0.15) is 5.82 Å². The van der Waals surface area contributed by atoms with Gasteiger partial charge in [0.05, 0.1) is 6.10 Å². The monoisotopic (exact) mass is 212 g/mol. The molecule has 1 aromatic carbocycles. The molecule has 0 saturated heterocycles. The summed E-state index contributed by atoms with van der Waals surface area (Å²) >= 11 is 0. The lowest BCUT2D eigenvalue weighted by atomic mass is 10.2. The average molecular weight is 212 g/mol. The second-order valence-corrected chi connectivity index (χ2v) is 3.44. The molecule has 0 heterocycles. The van der Waals surface area contributed by atoms with Crippen molar-refractivity contribution in [3.8, 4) is 0 Å². The third-order valence-corrected chi connectivity index (χ3v) is 2.27. The third-order valence-electron chi connectivity index (χ3n) is 2.27. The molecule has 0 fully saturated rings. The molecule has 0 radical (unpaired) electrons. The highest BCUT2D eigenvalue weighted by atomic mass is 19.1. The largest absolute Gasteiger partial charge is 0.382 e. The second kappa shape index (κ2) is 5.68. The minimum absolute atomic E-state index is 0.0993. The van der Waals surface area contributed by atoms with Crippen molar-refractivity contribution in [1.82, 2.24) is 0 Å². The van der Waals surface area contributed by atoms with Crippen LogP contribution >= 0.6 is 0 Å². The van der Waals surface area contributed by atoms with Crippen LogP contribution in [0.3, 0.4) is 0 Å². The molecule has 0 aliphatic carbocycles. The molecule has 0 saturated carbocycles. The maximum absolute atomic E-state index is 13.3. The van der Waals surface area contributed by atoms with Crippen LogP contribution in [0.4, 0.5) is 10.1 Å². The predicted octanol–water partition coefficient (Wildman–Crippen LogP) is 1.73. The Morgan fingerprint density at radius 2 is 2.27 bits per heavy atom. The number of nitrogens with two attached hydrogens (primary N) is 1. The topological polar surface area (TPSA) is 47.3 Å². The Balaban J connectivity index is 2.59. The number of hydrogen-bond donors (Lipinski definition) is 2. The summed E-state index contributed by atoms with van der Waals surface area (Å²) in [5.41, 5.74) is 6.64. The molecule has 1 rings (SSSR count). The van der Waals surface area contributed by atoms with Crippen LogP contribution in [0.15, 0.2) is 18.2 Å². The van der Waals surface area contributed by atoms with Gasteiger partial charge in [0, 0.05) is 31.5 Å². The third kappa shape index (κ3) is 3.49. The average Bonchev–Trinajstić information content (AvgIpc) is 2.26. The highest BCUT2D eigenvalue weighted by molar-refractivity contribution is 5.45. The van der Waals surface area contributed by atoms with E-state index in [0.717, 1.165) is 5.69 Å². The zero-order chi connectivity index (χ0) is 11.3. The molecule has 0 aliphatic rings. The highest BCUT2D eigenvalue weighted by Crippen LogP contribution is 2.14. The molecule has 0 bridgehead atoms. The van der Waals surface area contributed by atoms with Crippen LogP contribution in [-0.2, 0) is 11.3 Å². The van der Waals surface area contributed by atoms with E-state index >= 15 is 0 Å². The number of ether oxygens (including phenoxy) is 1. The van der Waals surface area contributed by atoms with Crippen LogP contribution in [0.2, 0.25) is 0 Å². The lowest BCUT2D eigenvalue weighted by Gasteiger charge is -2.12. The number of nitrogens with one attached hydrogen (secondary N) is 1. The number of halogens is 1. The van der Waals surface area contributed by atoms with Gasteiger partial charge in [-0.15, -0.1) is 0 Å². The normalized spacial score (nSPS) is 12.5. The Hall–Kier alpha value is -1.13. The van der Waals surface area contributed by atoms with Crippen molar-refractivity contribution in [3.05, 3.63) is 29.6 Å². The zero-order valence-electron chi connectivity index (χ0n) is 9.09. The summed E-state index contributed by atoms with van der Waals surface area (Å²) in [6, 6.07) is 4.95. The van der Waals surface area contributed by atoms with Crippen molar-refractivity contribution in [2.24, 2.45) is 5.73 Å². The van der Waals surface area contributed by atoms with Gasteiger partial charge < -0.3 is 15.8 Å². The van der Waals surface area contributed by atoms with Gasteiger partial charge in [-0.25, -0.2) is 4.39 Å².